The molecule has 0 aromatic heterocycles. The highest BCUT2D eigenvalue weighted by molar-refractivity contribution is 7.99. The van der Waals surface area contributed by atoms with Crippen molar-refractivity contribution in [2.24, 2.45) is 5.92 Å². The number of anilines is 1. The van der Waals surface area contributed by atoms with Crippen LogP contribution < -0.4 is 9.64 Å². The van der Waals surface area contributed by atoms with Gasteiger partial charge in [-0.15, -0.1) is 11.8 Å². The summed E-state index contributed by atoms with van der Waals surface area (Å²) in [5, 5.41) is 0.0362. The van der Waals surface area contributed by atoms with Crippen LogP contribution >= 0.6 is 11.8 Å². The Morgan fingerprint density at radius 2 is 1.96 bits per heavy atom. The molecule has 2 unspecified atom stereocenters. The number of thioether (sulfide) groups is 1. The second kappa shape index (κ2) is 7.87. The number of carbonyl (C=O) groups excluding carboxylic acids is 2. The minimum Gasteiger partial charge on any atom is -0.497 e. The van der Waals surface area contributed by atoms with E-state index in [1.807, 2.05) is 29.2 Å². The van der Waals surface area contributed by atoms with E-state index in [4.69, 9.17) is 4.74 Å². The molecule has 4 rings (SSSR count). The third-order valence-corrected chi connectivity index (χ3v) is 6.64. The highest BCUT2D eigenvalue weighted by Crippen LogP contribution is 2.40. The standard InChI is InChI=1S/C22H24N2O3S/c1-15-6-8-16(9-7-15)22-23(10-11-28-22)21(26)17-12-20(25)24(14-17)18-4-3-5-19(13-18)27-2/h3-9,13,17,22H,10-12,14H2,1-2H3. The van der Waals surface area contributed by atoms with Gasteiger partial charge in [0.1, 0.15) is 11.1 Å². The predicted octanol–water partition coefficient (Wildman–Crippen LogP) is 3.63. The van der Waals surface area contributed by atoms with Crippen LogP contribution in [0.25, 0.3) is 0 Å². The van der Waals surface area contributed by atoms with Crippen LogP contribution in [0.2, 0.25) is 0 Å². The summed E-state index contributed by atoms with van der Waals surface area (Å²) >= 11 is 1.79. The van der Waals surface area contributed by atoms with Gasteiger partial charge >= 0.3 is 0 Å². The average Bonchev–Trinajstić information content (AvgIpc) is 3.35. The molecule has 2 amide bonds. The van der Waals surface area contributed by atoms with Crippen molar-refractivity contribution in [3.63, 3.8) is 0 Å². The van der Waals surface area contributed by atoms with E-state index >= 15 is 0 Å². The molecule has 2 aromatic rings. The van der Waals surface area contributed by atoms with Gasteiger partial charge in [0.25, 0.3) is 0 Å². The second-order valence-electron chi connectivity index (χ2n) is 7.27. The average molecular weight is 397 g/mol. The summed E-state index contributed by atoms with van der Waals surface area (Å²) < 4.78 is 5.26. The minimum atomic E-state index is -0.301. The van der Waals surface area contributed by atoms with Gasteiger partial charge < -0.3 is 14.5 Å². The Morgan fingerprint density at radius 1 is 1.18 bits per heavy atom. The van der Waals surface area contributed by atoms with Crippen LogP contribution in [0, 0.1) is 12.8 Å². The summed E-state index contributed by atoms with van der Waals surface area (Å²) in [7, 11) is 1.60. The first-order valence-electron chi connectivity index (χ1n) is 9.50. The molecule has 0 aliphatic carbocycles. The summed E-state index contributed by atoms with van der Waals surface area (Å²) in [5.74, 6) is 1.39. The molecule has 28 heavy (non-hydrogen) atoms. The molecule has 6 heteroatoms. The van der Waals surface area contributed by atoms with Gasteiger partial charge in [0, 0.05) is 37.0 Å². The molecule has 0 bridgehead atoms. The Bertz CT molecular complexity index is 884. The summed E-state index contributed by atoms with van der Waals surface area (Å²) in [6.07, 6.45) is 0.262. The molecule has 2 aliphatic heterocycles. The van der Waals surface area contributed by atoms with E-state index in [2.05, 4.69) is 31.2 Å². The predicted molar refractivity (Wildman–Crippen MR) is 112 cm³/mol. The highest BCUT2D eigenvalue weighted by atomic mass is 32.2. The quantitative estimate of drug-likeness (QED) is 0.792. The van der Waals surface area contributed by atoms with Gasteiger partial charge in [-0.3, -0.25) is 9.59 Å². The van der Waals surface area contributed by atoms with Crippen LogP contribution in [-0.2, 0) is 9.59 Å². The molecule has 2 atom stereocenters. The number of amides is 2. The van der Waals surface area contributed by atoms with Crippen LogP contribution in [0.4, 0.5) is 5.69 Å². The highest BCUT2D eigenvalue weighted by Gasteiger charge is 2.40. The van der Waals surface area contributed by atoms with Crippen molar-refractivity contribution in [2.75, 3.05) is 30.9 Å². The number of benzene rings is 2. The van der Waals surface area contributed by atoms with Crippen LogP contribution in [0.5, 0.6) is 5.75 Å². The van der Waals surface area contributed by atoms with E-state index < -0.39 is 0 Å². The van der Waals surface area contributed by atoms with Crippen molar-refractivity contribution < 1.29 is 14.3 Å². The third-order valence-electron chi connectivity index (χ3n) is 5.38. The maximum absolute atomic E-state index is 13.3. The van der Waals surface area contributed by atoms with Gasteiger partial charge in [0.15, 0.2) is 0 Å². The normalized spacial score (nSPS) is 22.0. The van der Waals surface area contributed by atoms with E-state index in [0.29, 0.717) is 12.3 Å². The van der Waals surface area contributed by atoms with E-state index in [0.717, 1.165) is 23.5 Å². The molecule has 146 valence electrons. The van der Waals surface area contributed by atoms with E-state index in [9.17, 15) is 9.59 Å². The number of ether oxygens (including phenoxy) is 1. The lowest BCUT2D eigenvalue weighted by Crippen LogP contribution is -2.37. The molecule has 0 saturated carbocycles. The summed E-state index contributed by atoms with van der Waals surface area (Å²) in [6.45, 7) is 3.21. The van der Waals surface area contributed by atoms with Crippen LogP contribution in [0.15, 0.2) is 48.5 Å². The van der Waals surface area contributed by atoms with E-state index in [1.54, 1.807) is 23.8 Å². The first kappa shape index (κ1) is 18.9. The van der Waals surface area contributed by atoms with Gasteiger partial charge in [-0.2, -0.15) is 0 Å². The van der Waals surface area contributed by atoms with Crippen LogP contribution in [0.1, 0.15) is 22.9 Å². The Kier molecular flexibility index (Phi) is 5.31. The molecule has 5 nitrogen and oxygen atoms in total. The Balaban J connectivity index is 1.50. The van der Waals surface area contributed by atoms with E-state index in [-0.39, 0.29) is 29.5 Å². The van der Waals surface area contributed by atoms with Crippen molar-refractivity contribution in [2.45, 2.75) is 18.7 Å². The Morgan fingerprint density at radius 3 is 2.71 bits per heavy atom. The molecule has 2 aromatic carbocycles. The molecule has 2 aliphatic rings. The van der Waals surface area contributed by atoms with Gasteiger partial charge in [0.2, 0.25) is 11.8 Å². The Hall–Kier alpha value is -2.47. The molecule has 2 saturated heterocycles. The fourth-order valence-electron chi connectivity index (χ4n) is 3.84. The molecule has 0 N–H and O–H groups in total. The largest absolute Gasteiger partial charge is 0.497 e. The van der Waals surface area contributed by atoms with Gasteiger partial charge in [0.05, 0.1) is 13.0 Å². The lowest BCUT2D eigenvalue weighted by Gasteiger charge is -2.27. The smallest absolute Gasteiger partial charge is 0.229 e. The third kappa shape index (κ3) is 3.61. The lowest BCUT2D eigenvalue weighted by molar-refractivity contribution is -0.136. The van der Waals surface area contributed by atoms with Crippen molar-refractivity contribution in [1.82, 2.24) is 4.90 Å². The maximum atomic E-state index is 13.3. The maximum Gasteiger partial charge on any atom is 0.229 e. The lowest BCUT2D eigenvalue weighted by atomic mass is 10.1. The number of rotatable bonds is 4. The molecule has 2 fully saturated rings. The van der Waals surface area contributed by atoms with Gasteiger partial charge in [-0.05, 0) is 24.6 Å². The zero-order valence-electron chi connectivity index (χ0n) is 16.1. The molecule has 0 spiro atoms. The summed E-state index contributed by atoms with van der Waals surface area (Å²) in [5.41, 5.74) is 3.14. The van der Waals surface area contributed by atoms with Crippen molar-refractivity contribution in [1.29, 1.82) is 0 Å². The molecule has 2 heterocycles. The van der Waals surface area contributed by atoms with E-state index in [1.165, 1.54) is 5.56 Å². The van der Waals surface area contributed by atoms with Crippen molar-refractivity contribution >= 4 is 29.3 Å². The molecular formula is C22H24N2O3S. The number of nitrogens with zero attached hydrogens (tertiary/aromatic N) is 2. The topological polar surface area (TPSA) is 49.9 Å². The summed E-state index contributed by atoms with van der Waals surface area (Å²) in [6, 6.07) is 15.8. The minimum absolute atomic E-state index is 0.00895. The molecular weight excluding hydrogens is 372 g/mol. The zero-order chi connectivity index (χ0) is 19.7. The number of hydrogen-bond donors (Lipinski definition) is 0. The van der Waals surface area contributed by atoms with Gasteiger partial charge in [-0.25, -0.2) is 0 Å². The van der Waals surface area contributed by atoms with Crippen LogP contribution in [-0.4, -0.2) is 42.7 Å². The number of hydrogen-bond acceptors (Lipinski definition) is 4. The van der Waals surface area contributed by atoms with Crippen LogP contribution in [0.3, 0.4) is 0 Å². The Labute approximate surface area is 169 Å². The second-order valence-corrected chi connectivity index (χ2v) is 8.46. The monoisotopic (exact) mass is 396 g/mol. The zero-order valence-corrected chi connectivity index (χ0v) is 16.9. The fourth-order valence-corrected chi connectivity index (χ4v) is 5.10. The van der Waals surface area contributed by atoms with Gasteiger partial charge in [-0.1, -0.05) is 35.9 Å². The first-order valence-corrected chi connectivity index (χ1v) is 10.5. The number of aryl methyl sites for hydroxylation is 1. The fraction of sp³-hybridized carbons (Fsp3) is 0.364. The van der Waals surface area contributed by atoms with Crippen molar-refractivity contribution in [3.05, 3.63) is 59.7 Å². The summed E-state index contributed by atoms with van der Waals surface area (Å²) in [4.78, 5) is 29.5. The molecule has 0 radical (unpaired) electrons. The first-order chi connectivity index (χ1) is 13.6. The number of methoxy groups -OCH3 is 1. The SMILES string of the molecule is COc1cccc(N2CC(C(=O)N3CCSC3c3ccc(C)cc3)CC2=O)c1. The van der Waals surface area contributed by atoms with Crippen molar-refractivity contribution in [3.8, 4) is 5.75 Å². The number of carbonyl (C=O) groups is 2.